The summed E-state index contributed by atoms with van der Waals surface area (Å²) in [4.78, 5) is 40.9. The van der Waals surface area contributed by atoms with Crippen molar-refractivity contribution in [1.29, 1.82) is 0 Å². The highest BCUT2D eigenvalue weighted by Crippen LogP contribution is 2.34. The number of carbonyl (C=O) groups is 3. The number of amides is 3. The van der Waals surface area contributed by atoms with Gasteiger partial charge in [0.05, 0.1) is 36.9 Å². The molecule has 160 valence electrons. The average Bonchev–Trinajstić information content (AvgIpc) is 3.43. The zero-order valence-electron chi connectivity index (χ0n) is 17.2. The van der Waals surface area contributed by atoms with E-state index in [9.17, 15) is 14.4 Å². The SMILES string of the molecule is COc1cc(NC(=O)CNC(=O)c2ccc(C)s2)c(C(=O)N2CCCC2)cc1OC. The molecule has 1 aromatic carbocycles. The number of thiophene rings is 1. The second-order valence-corrected chi connectivity index (χ2v) is 8.18. The summed E-state index contributed by atoms with van der Waals surface area (Å²) < 4.78 is 10.6. The Morgan fingerprint density at radius 3 is 2.33 bits per heavy atom. The first kappa shape index (κ1) is 21.6. The lowest BCUT2D eigenvalue weighted by Gasteiger charge is -2.20. The minimum absolute atomic E-state index is 0.179. The Balaban J connectivity index is 1.76. The van der Waals surface area contributed by atoms with Crippen LogP contribution in [0.3, 0.4) is 0 Å². The lowest BCUT2D eigenvalue weighted by Crippen LogP contribution is -2.33. The maximum atomic E-state index is 13.0. The van der Waals surface area contributed by atoms with E-state index in [2.05, 4.69) is 10.6 Å². The first-order valence-corrected chi connectivity index (χ1v) is 10.4. The second kappa shape index (κ2) is 9.62. The molecule has 3 rings (SSSR count). The summed E-state index contributed by atoms with van der Waals surface area (Å²) in [5.74, 6) is -0.145. The maximum absolute atomic E-state index is 13.0. The zero-order chi connectivity index (χ0) is 21.7. The average molecular weight is 432 g/mol. The van der Waals surface area contributed by atoms with Crippen LogP contribution in [0.4, 0.5) is 5.69 Å². The van der Waals surface area contributed by atoms with Crippen LogP contribution in [0.15, 0.2) is 24.3 Å². The van der Waals surface area contributed by atoms with Crippen molar-refractivity contribution in [2.75, 3.05) is 39.2 Å². The Morgan fingerprint density at radius 1 is 1.07 bits per heavy atom. The van der Waals surface area contributed by atoms with Crippen LogP contribution in [-0.4, -0.2) is 56.5 Å². The Hall–Kier alpha value is -3.07. The summed E-state index contributed by atoms with van der Waals surface area (Å²) >= 11 is 1.36. The lowest BCUT2D eigenvalue weighted by atomic mass is 10.1. The van der Waals surface area contributed by atoms with Gasteiger partial charge in [0, 0.05) is 24.0 Å². The Kier molecular flexibility index (Phi) is 6.94. The molecule has 2 heterocycles. The van der Waals surface area contributed by atoms with Gasteiger partial charge in [0.2, 0.25) is 5.91 Å². The van der Waals surface area contributed by atoms with Gasteiger partial charge in [-0.15, -0.1) is 11.3 Å². The van der Waals surface area contributed by atoms with Crippen molar-refractivity contribution in [3.05, 3.63) is 39.6 Å². The minimum atomic E-state index is -0.445. The van der Waals surface area contributed by atoms with Crippen LogP contribution >= 0.6 is 11.3 Å². The van der Waals surface area contributed by atoms with Crippen molar-refractivity contribution in [2.24, 2.45) is 0 Å². The van der Waals surface area contributed by atoms with Crippen molar-refractivity contribution in [3.8, 4) is 11.5 Å². The summed E-state index contributed by atoms with van der Waals surface area (Å²) in [6, 6.07) is 6.69. The van der Waals surface area contributed by atoms with Crippen molar-refractivity contribution in [3.63, 3.8) is 0 Å². The van der Waals surface area contributed by atoms with E-state index in [-0.39, 0.29) is 18.4 Å². The molecule has 1 aliphatic rings. The molecule has 1 aliphatic heterocycles. The van der Waals surface area contributed by atoms with Gasteiger partial charge in [0.25, 0.3) is 11.8 Å². The van der Waals surface area contributed by atoms with E-state index in [1.807, 2.05) is 13.0 Å². The summed E-state index contributed by atoms with van der Waals surface area (Å²) in [5, 5.41) is 5.32. The van der Waals surface area contributed by atoms with Gasteiger partial charge < -0.3 is 25.0 Å². The molecule has 3 amide bonds. The van der Waals surface area contributed by atoms with Gasteiger partial charge in [0.1, 0.15) is 0 Å². The normalized spacial score (nSPS) is 13.1. The third kappa shape index (κ3) is 4.91. The summed E-state index contributed by atoms with van der Waals surface area (Å²) in [6.07, 6.45) is 1.91. The Labute approximate surface area is 179 Å². The largest absolute Gasteiger partial charge is 0.493 e. The molecule has 0 unspecified atom stereocenters. The van der Waals surface area contributed by atoms with E-state index in [1.54, 1.807) is 23.1 Å². The number of likely N-dealkylation sites (tertiary alicyclic amines) is 1. The fourth-order valence-electron chi connectivity index (χ4n) is 3.25. The van der Waals surface area contributed by atoms with Crippen molar-refractivity contribution in [1.82, 2.24) is 10.2 Å². The number of methoxy groups -OCH3 is 2. The number of carbonyl (C=O) groups excluding carboxylic acids is 3. The molecule has 8 nitrogen and oxygen atoms in total. The molecule has 0 spiro atoms. The van der Waals surface area contributed by atoms with Gasteiger partial charge in [0.15, 0.2) is 11.5 Å². The van der Waals surface area contributed by atoms with Gasteiger partial charge in [-0.05, 0) is 38.0 Å². The number of rotatable bonds is 7. The van der Waals surface area contributed by atoms with E-state index in [4.69, 9.17) is 9.47 Å². The summed E-state index contributed by atoms with van der Waals surface area (Å²) in [6.45, 7) is 3.04. The van der Waals surface area contributed by atoms with Gasteiger partial charge in [-0.3, -0.25) is 14.4 Å². The quantitative estimate of drug-likeness (QED) is 0.703. The highest BCUT2D eigenvalue weighted by Gasteiger charge is 2.25. The van der Waals surface area contributed by atoms with Crippen LogP contribution in [0, 0.1) is 6.92 Å². The number of nitrogens with zero attached hydrogens (tertiary/aromatic N) is 1. The fraction of sp³-hybridized carbons (Fsp3) is 0.381. The van der Waals surface area contributed by atoms with Crippen LogP contribution in [0.5, 0.6) is 11.5 Å². The highest BCUT2D eigenvalue weighted by atomic mass is 32.1. The molecular weight excluding hydrogens is 406 g/mol. The topological polar surface area (TPSA) is 97.0 Å². The maximum Gasteiger partial charge on any atom is 0.261 e. The first-order chi connectivity index (χ1) is 14.4. The summed E-state index contributed by atoms with van der Waals surface area (Å²) in [5.41, 5.74) is 0.638. The molecule has 2 N–H and O–H groups in total. The number of aryl methyl sites for hydroxylation is 1. The van der Waals surface area contributed by atoms with Crippen LogP contribution in [0.1, 0.15) is 37.7 Å². The Bertz CT molecular complexity index is 950. The van der Waals surface area contributed by atoms with Gasteiger partial charge in [-0.1, -0.05) is 0 Å². The monoisotopic (exact) mass is 431 g/mol. The highest BCUT2D eigenvalue weighted by molar-refractivity contribution is 7.13. The zero-order valence-corrected chi connectivity index (χ0v) is 18.1. The van der Waals surface area contributed by atoms with Gasteiger partial charge in [-0.25, -0.2) is 0 Å². The van der Waals surface area contributed by atoms with Crippen LogP contribution in [0.2, 0.25) is 0 Å². The van der Waals surface area contributed by atoms with Crippen molar-refractivity contribution in [2.45, 2.75) is 19.8 Å². The number of hydrogen-bond acceptors (Lipinski definition) is 6. The first-order valence-electron chi connectivity index (χ1n) is 9.62. The number of nitrogens with one attached hydrogen (secondary N) is 2. The molecule has 0 bridgehead atoms. The standard InChI is InChI=1S/C21H25N3O5S/c1-13-6-7-18(30-13)20(26)22-12-19(25)23-15-11-17(29-3)16(28-2)10-14(15)21(27)24-8-4-5-9-24/h6-7,10-11H,4-5,8-9,12H2,1-3H3,(H,22,26)(H,23,25). The second-order valence-electron chi connectivity index (χ2n) is 6.89. The van der Waals surface area contributed by atoms with Crippen LogP contribution < -0.4 is 20.1 Å². The summed E-state index contributed by atoms with van der Waals surface area (Å²) in [7, 11) is 2.97. The van der Waals surface area contributed by atoms with Crippen LogP contribution in [-0.2, 0) is 4.79 Å². The predicted octanol–water partition coefficient (Wildman–Crippen LogP) is 2.68. The fourth-order valence-corrected chi connectivity index (χ4v) is 4.03. The molecule has 30 heavy (non-hydrogen) atoms. The smallest absolute Gasteiger partial charge is 0.261 e. The van der Waals surface area contributed by atoms with Gasteiger partial charge in [-0.2, -0.15) is 0 Å². The molecule has 0 radical (unpaired) electrons. The van der Waals surface area contributed by atoms with Crippen molar-refractivity contribution >= 4 is 34.7 Å². The third-order valence-corrected chi connectivity index (χ3v) is 5.79. The molecule has 1 fully saturated rings. The predicted molar refractivity (Wildman–Crippen MR) is 115 cm³/mol. The van der Waals surface area contributed by atoms with Crippen molar-refractivity contribution < 1.29 is 23.9 Å². The molecule has 0 atom stereocenters. The molecule has 9 heteroatoms. The van der Waals surface area contributed by atoms with Crippen LogP contribution in [0.25, 0.3) is 0 Å². The Morgan fingerprint density at radius 2 is 1.73 bits per heavy atom. The van der Waals surface area contributed by atoms with E-state index in [0.717, 1.165) is 17.7 Å². The number of ether oxygens (including phenoxy) is 2. The van der Waals surface area contributed by atoms with E-state index < -0.39 is 5.91 Å². The molecule has 1 saturated heterocycles. The third-order valence-electron chi connectivity index (χ3n) is 4.80. The lowest BCUT2D eigenvalue weighted by molar-refractivity contribution is -0.115. The molecule has 2 aromatic rings. The minimum Gasteiger partial charge on any atom is -0.493 e. The number of benzene rings is 1. The molecule has 0 aliphatic carbocycles. The molecular formula is C21H25N3O5S. The number of anilines is 1. The van der Waals surface area contributed by atoms with Gasteiger partial charge >= 0.3 is 0 Å². The van der Waals surface area contributed by atoms with E-state index >= 15 is 0 Å². The van der Waals surface area contributed by atoms with E-state index in [1.165, 1.54) is 25.6 Å². The molecule has 0 saturated carbocycles. The molecule has 1 aromatic heterocycles. The van der Waals surface area contributed by atoms with E-state index in [0.29, 0.717) is 40.7 Å². The number of hydrogen-bond donors (Lipinski definition) is 2.